The lowest BCUT2D eigenvalue weighted by Crippen LogP contribution is -2.05. The summed E-state index contributed by atoms with van der Waals surface area (Å²) in [5.41, 5.74) is 0.179. The van der Waals surface area contributed by atoms with E-state index >= 15 is 0 Å². The number of rotatable bonds is 4. The molecule has 0 aliphatic carbocycles. The van der Waals surface area contributed by atoms with Gasteiger partial charge in [0.15, 0.2) is 0 Å². The van der Waals surface area contributed by atoms with E-state index in [-0.39, 0.29) is 11.3 Å². The standard InChI is InChI=1S/C10H12O5/c1-15-6-2-3-7(8(11)4-6)9(12)5-10(13)14/h2-4,9,11-12H,5H2,1H3,(H,13,14)/t9-/m0/s1. The van der Waals surface area contributed by atoms with Crippen LogP contribution < -0.4 is 4.74 Å². The monoisotopic (exact) mass is 212 g/mol. The molecule has 1 rings (SSSR count). The molecule has 5 heteroatoms. The first kappa shape index (κ1) is 11.3. The van der Waals surface area contributed by atoms with Crippen LogP contribution in [-0.2, 0) is 4.79 Å². The average Bonchev–Trinajstić information content (AvgIpc) is 2.16. The Labute approximate surface area is 86.5 Å². The molecule has 3 N–H and O–H groups in total. The van der Waals surface area contributed by atoms with Crippen LogP contribution >= 0.6 is 0 Å². The van der Waals surface area contributed by atoms with Gasteiger partial charge < -0.3 is 20.1 Å². The van der Waals surface area contributed by atoms with Gasteiger partial charge in [-0.1, -0.05) is 0 Å². The second-order valence-electron chi connectivity index (χ2n) is 3.04. The second-order valence-corrected chi connectivity index (χ2v) is 3.04. The van der Waals surface area contributed by atoms with Crippen molar-refractivity contribution < 1.29 is 24.9 Å². The van der Waals surface area contributed by atoms with Crippen LogP contribution in [0.15, 0.2) is 18.2 Å². The van der Waals surface area contributed by atoms with Crippen molar-refractivity contribution in [1.29, 1.82) is 0 Å². The number of phenolic OH excluding ortho intramolecular Hbond substituents is 1. The molecule has 1 aromatic carbocycles. The fourth-order valence-corrected chi connectivity index (χ4v) is 1.21. The van der Waals surface area contributed by atoms with Crippen LogP contribution in [0.4, 0.5) is 0 Å². The summed E-state index contributed by atoms with van der Waals surface area (Å²) in [4.78, 5) is 10.4. The molecule has 0 saturated heterocycles. The summed E-state index contributed by atoms with van der Waals surface area (Å²) in [6, 6.07) is 4.29. The predicted octanol–water partition coefficient (Wildman–Crippen LogP) is 0.909. The van der Waals surface area contributed by atoms with Gasteiger partial charge in [0.1, 0.15) is 11.5 Å². The summed E-state index contributed by atoms with van der Waals surface area (Å²) in [5.74, 6) is -0.861. The Kier molecular flexibility index (Phi) is 3.51. The van der Waals surface area contributed by atoms with Crippen LogP contribution in [0.2, 0.25) is 0 Å². The number of aromatic hydroxyl groups is 1. The third-order valence-electron chi connectivity index (χ3n) is 1.96. The molecule has 0 aliphatic heterocycles. The Balaban J connectivity index is 2.90. The molecule has 0 spiro atoms. The number of carboxylic acid groups (broad SMARTS) is 1. The zero-order valence-electron chi connectivity index (χ0n) is 8.17. The fourth-order valence-electron chi connectivity index (χ4n) is 1.21. The van der Waals surface area contributed by atoms with Gasteiger partial charge in [0.05, 0.1) is 19.6 Å². The van der Waals surface area contributed by atoms with E-state index in [4.69, 9.17) is 9.84 Å². The maximum Gasteiger partial charge on any atom is 0.306 e. The van der Waals surface area contributed by atoms with E-state index < -0.39 is 18.5 Å². The maximum absolute atomic E-state index is 10.4. The second kappa shape index (κ2) is 4.65. The minimum atomic E-state index is -1.21. The number of aliphatic carboxylic acids is 1. The van der Waals surface area contributed by atoms with E-state index in [0.29, 0.717) is 5.75 Å². The van der Waals surface area contributed by atoms with Crippen molar-refractivity contribution in [3.05, 3.63) is 23.8 Å². The Morgan fingerprint density at radius 1 is 1.53 bits per heavy atom. The van der Waals surface area contributed by atoms with Crippen molar-refractivity contribution in [3.63, 3.8) is 0 Å². The SMILES string of the molecule is COc1ccc([C@@H](O)CC(=O)O)c(O)c1. The van der Waals surface area contributed by atoms with Crippen molar-refractivity contribution in [3.8, 4) is 11.5 Å². The largest absolute Gasteiger partial charge is 0.507 e. The summed E-state index contributed by atoms with van der Waals surface area (Å²) in [6.07, 6.45) is -1.66. The molecule has 0 aromatic heterocycles. The van der Waals surface area contributed by atoms with Gasteiger partial charge in [0.2, 0.25) is 0 Å². The number of hydrogen-bond donors (Lipinski definition) is 3. The van der Waals surface area contributed by atoms with E-state index in [9.17, 15) is 15.0 Å². The maximum atomic E-state index is 10.4. The first-order chi connectivity index (χ1) is 7.04. The summed E-state index contributed by atoms with van der Waals surface area (Å²) in [5, 5.41) is 27.4. The Bertz CT molecular complexity index is 361. The summed E-state index contributed by atoms with van der Waals surface area (Å²) in [6.45, 7) is 0. The first-order valence-corrected chi connectivity index (χ1v) is 4.31. The van der Waals surface area contributed by atoms with Crippen LogP contribution in [-0.4, -0.2) is 28.4 Å². The fraction of sp³-hybridized carbons (Fsp3) is 0.300. The van der Waals surface area contributed by atoms with Gasteiger partial charge >= 0.3 is 5.97 Å². The molecule has 5 nitrogen and oxygen atoms in total. The van der Waals surface area contributed by atoms with E-state index in [2.05, 4.69) is 0 Å². The van der Waals surface area contributed by atoms with Crippen LogP contribution in [0.3, 0.4) is 0 Å². The Hall–Kier alpha value is -1.75. The number of carbonyl (C=O) groups is 1. The molecule has 82 valence electrons. The van der Waals surface area contributed by atoms with E-state index in [1.807, 2.05) is 0 Å². The van der Waals surface area contributed by atoms with Crippen LogP contribution in [0, 0.1) is 0 Å². The van der Waals surface area contributed by atoms with E-state index in [0.717, 1.165) is 0 Å². The van der Waals surface area contributed by atoms with E-state index in [1.54, 1.807) is 6.07 Å². The van der Waals surface area contributed by atoms with Gasteiger partial charge in [-0.3, -0.25) is 4.79 Å². The normalized spacial score (nSPS) is 12.1. The number of methoxy groups -OCH3 is 1. The highest BCUT2D eigenvalue weighted by Crippen LogP contribution is 2.29. The number of phenols is 1. The van der Waals surface area contributed by atoms with Crippen LogP contribution in [0.1, 0.15) is 18.1 Å². The van der Waals surface area contributed by atoms with Gasteiger partial charge in [-0.25, -0.2) is 0 Å². The molecule has 0 unspecified atom stereocenters. The minimum Gasteiger partial charge on any atom is -0.507 e. The molecule has 0 aliphatic rings. The van der Waals surface area contributed by atoms with Crippen LogP contribution in [0.5, 0.6) is 11.5 Å². The number of hydrogen-bond acceptors (Lipinski definition) is 4. The highest BCUT2D eigenvalue weighted by atomic mass is 16.5. The van der Waals surface area contributed by atoms with Gasteiger partial charge in [-0.15, -0.1) is 0 Å². The summed E-state index contributed by atoms with van der Waals surface area (Å²) in [7, 11) is 1.45. The third kappa shape index (κ3) is 2.85. The number of aliphatic hydroxyl groups excluding tert-OH is 1. The molecule has 1 aromatic rings. The smallest absolute Gasteiger partial charge is 0.306 e. The topological polar surface area (TPSA) is 87.0 Å². The first-order valence-electron chi connectivity index (χ1n) is 4.31. The average molecular weight is 212 g/mol. The molecule has 0 fully saturated rings. The molecular formula is C10H12O5. The zero-order chi connectivity index (χ0) is 11.4. The van der Waals surface area contributed by atoms with Gasteiger partial charge in [-0.05, 0) is 12.1 Å². The van der Waals surface area contributed by atoms with E-state index in [1.165, 1.54) is 19.2 Å². The lowest BCUT2D eigenvalue weighted by molar-refractivity contribution is -0.139. The minimum absolute atomic E-state index is 0.178. The van der Waals surface area contributed by atoms with Crippen molar-refractivity contribution in [2.24, 2.45) is 0 Å². The lowest BCUT2D eigenvalue weighted by Gasteiger charge is -2.11. The highest BCUT2D eigenvalue weighted by Gasteiger charge is 2.16. The Morgan fingerprint density at radius 3 is 2.67 bits per heavy atom. The van der Waals surface area contributed by atoms with Crippen molar-refractivity contribution >= 4 is 5.97 Å². The lowest BCUT2D eigenvalue weighted by atomic mass is 10.1. The molecule has 1 atom stereocenters. The molecule has 0 saturated carbocycles. The summed E-state index contributed by atoms with van der Waals surface area (Å²) >= 11 is 0. The van der Waals surface area contributed by atoms with Crippen molar-refractivity contribution in [2.75, 3.05) is 7.11 Å². The molecule has 0 heterocycles. The third-order valence-corrected chi connectivity index (χ3v) is 1.96. The Morgan fingerprint density at radius 2 is 2.20 bits per heavy atom. The van der Waals surface area contributed by atoms with Gasteiger partial charge in [0.25, 0.3) is 0 Å². The van der Waals surface area contributed by atoms with Gasteiger partial charge in [0, 0.05) is 11.6 Å². The number of benzene rings is 1. The molecule has 0 radical (unpaired) electrons. The molecular weight excluding hydrogens is 200 g/mol. The van der Waals surface area contributed by atoms with Crippen molar-refractivity contribution in [2.45, 2.75) is 12.5 Å². The molecule has 15 heavy (non-hydrogen) atoms. The predicted molar refractivity (Wildman–Crippen MR) is 51.9 cm³/mol. The molecule has 0 bridgehead atoms. The van der Waals surface area contributed by atoms with Crippen LogP contribution in [0.25, 0.3) is 0 Å². The summed E-state index contributed by atoms with van der Waals surface area (Å²) < 4.78 is 4.85. The zero-order valence-corrected chi connectivity index (χ0v) is 8.17. The van der Waals surface area contributed by atoms with Crippen molar-refractivity contribution in [1.82, 2.24) is 0 Å². The number of aliphatic hydroxyl groups is 1. The van der Waals surface area contributed by atoms with Gasteiger partial charge in [-0.2, -0.15) is 0 Å². The number of carboxylic acids is 1. The highest BCUT2D eigenvalue weighted by molar-refractivity contribution is 5.68. The quantitative estimate of drug-likeness (QED) is 0.690. The molecule has 0 amide bonds. The number of ether oxygens (including phenoxy) is 1.